The molecule has 1 aromatic heterocycles. The van der Waals surface area contributed by atoms with Crippen LogP contribution in [0, 0.1) is 0 Å². The number of phenols is 1. The lowest BCUT2D eigenvalue weighted by Gasteiger charge is -2.09. The highest BCUT2D eigenvalue weighted by atomic mass is 16.6. The van der Waals surface area contributed by atoms with Gasteiger partial charge in [-0.2, -0.15) is 0 Å². The van der Waals surface area contributed by atoms with Gasteiger partial charge in [-0.05, 0) is 31.2 Å². The van der Waals surface area contributed by atoms with Crippen LogP contribution in [0.2, 0.25) is 0 Å². The third kappa shape index (κ3) is 3.77. The highest BCUT2D eigenvalue weighted by Crippen LogP contribution is 2.26. The molecule has 0 radical (unpaired) electrons. The molecule has 1 heterocycles. The first-order valence-corrected chi connectivity index (χ1v) is 7.65. The number of rotatable bonds is 6. The molecule has 7 nitrogen and oxygen atoms in total. The monoisotopic (exact) mass is 339 g/mol. The van der Waals surface area contributed by atoms with Gasteiger partial charge in [0.2, 0.25) is 0 Å². The first-order chi connectivity index (χ1) is 12.0. The number of carbonyl (C=O) groups is 1. The van der Waals surface area contributed by atoms with Crippen molar-refractivity contribution in [2.24, 2.45) is 0 Å². The lowest BCUT2D eigenvalue weighted by molar-refractivity contribution is -0.139. The zero-order valence-corrected chi connectivity index (χ0v) is 13.7. The van der Waals surface area contributed by atoms with E-state index in [0.29, 0.717) is 17.0 Å². The lowest BCUT2D eigenvalue weighted by atomic mass is 10.3. The fourth-order valence-corrected chi connectivity index (χ4v) is 2.14. The Morgan fingerprint density at radius 3 is 2.48 bits per heavy atom. The second-order valence-corrected chi connectivity index (χ2v) is 5.39. The predicted molar refractivity (Wildman–Crippen MR) is 91.8 cm³/mol. The Balaban J connectivity index is 1.72. The molecular formula is C18H17N3O4. The van der Waals surface area contributed by atoms with Crippen LogP contribution in [-0.2, 0) is 9.53 Å². The van der Waals surface area contributed by atoms with Crippen LogP contribution in [-0.4, -0.2) is 39.3 Å². The molecule has 0 bridgehead atoms. The van der Waals surface area contributed by atoms with Gasteiger partial charge in [0.15, 0.2) is 0 Å². The number of esters is 1. The predicted octanol–water partition coefficient (Wildman–Crippen LogP) is 2.62. The van der Waals surface area contributed by atoms with E-state index >= 15 is 0 Å². The minimum Gasteiger partial charge on any atom is -0.506 e. The number of ether oxygens (including phenoxy) is 2. The van der Waals surface area contributed by atoms with Crippen LogP contribution in [0.3, 0.4) is 0 Å². The van der Waals surface area contributed by atoms with E-state index in [0.717, 1.165) is 11.0 Å². The van der Waals surface area contributed by atoms with Crippen molar-refractivity contribution in [1.82, 2.24) is 15.0 Å². The van der Waals surface area contributed by atoms with Gasteiger partial charge in [0, 0.05) is 11.6 Å². The summed E-state index contributed by atoms with van der Waals surface area (Å²) in [5.74, 6) is 0.0734. The van der Waals surface area contributed by atoms with Crippen LogP contribution in [0.1, 0.15) is 6.92 Å². The molecule has 0 atom stereocenters. The molecule has 3 aromatic rings. The largest absolute Gasteiger partial charge is 0.506 e. The number of aromatic hydroxyl groups is 1. The van der Waals surface area contributed by atoms with Crippen LogP contribution >= 0.6 is 0 Å². The fraction of sp³-hybridized carbons (Fsp3) is 0.167. The van der Waals surface area contributed by atoms with Crippen molar-refractivity contribution in [3.8, 4) is 17.2 Å². The molecule has 25 heavy (non-hydrogen) atoms. The van der Waals surface area contributed by atoms with Gasteiger partial charge in [0.05, 0.1) is 0 Å². The van der Waals surface area contributed by atoms with Crippen molar-refractivity contribution in [2.75, 3.05) is 13.2 Å². The second kappa shape index (κ2) is 7.04. The van der Waals surface area contributed by atoms with Crippen molar-refractivity contribution < 1.29 is 19.4 Å². The Morgan fingerprint density at radius 1 is 1.16 bits per heavy atom. The third-order valence-electron chi connectivity index (χ3n) is 3.38. The third-order valence-corrected chi connectivity index (χ3v) is 3.38. The van der Waals surface area contributed by atoms with Gasteiger partial charge in [-0.25, -0.2) is 4.79 Å². The maximum absolute atomic E-state index is 11.3. The highest BCUT2D eigenvalue weighted by Gasteiger charge is 2.10. The molecule has 2 aromatic carbocycles. The number of nitrogens with zero attached hydrogens (tertiary/aromatic N) is 3. The topological polar surface area (TPSA) is 86.5 Å². The SMILES string of the molecule is C=C(C)C(=O)OCCOc1ccc(O)c(-n2nc3ccccc3n2)c1. The molecule has 0 unspecified atom stereocenters. The van der Waals surface area contributed by atoms with Gasteiger partial charge in [0.25, 0.3) is 0 Å². The molecule has 0 spiro atoms. The fourth-order valence-electron chi connectivity index (χ4n) is 2.14. The van der Waals surface area contributed by atoms with E-state index < -0.39 is 5.97 Å². The van der Waals surface area contributed by atoms with Gasteiger partial charge in [-0.15, -0.1) is 15.0 Å². The number of aromatic nitrogens is 3. The smallest absolute Gasteiger partial charge is 0.333 e. The van der Waals surface area contributed by atoms with Crippen LogP contribution in [0.25, 0.3) is 16.7 Å². The zero-order valence-electron chi connectivity index (χ0n) is 13.7. The summed E-state index contributed by atoms with van der Waals surface area (Å²) < 4.78 is 10.5. The lowest BCUT2D eigenvalue weighted by Crippen LogP contribution is -2.12. The van der Waals surface area contributed by atoms with Crippen LogP contribution in [0.4, 0.5) is 0 Å². The normalized spacial score (nSPS) is 10.6. The Bertz CT molecular complexity index is 900. The first-order valence-electron chi connectivity index (χ1n) is 7.65. The van der Waals surface area contributed by atoms with E-state index in [-0.39, 0.29) is 19.0 Å². The molecular weight excluding hydrogens is 322 g/mol. The number of hydrogen-bond donors (Lipinski definition) is 1. The summed E-state index contributed by atoms with van der Waals surface area (Å²) in [5.41, 5.74) is 2.18. The van der Waals surface area contributed by atoms with E-state index in [1.807, 2.05) is 24.3 Å². The van der Waals surface area contributed by atoms with Crippen molar-refractivity contribution in [3.05, 3.63) is 54.6 Å². The second-order valence-electron chi connectivity index (χ2n) is 5.39. The standard InChI is InChI=1S/C18H17N3O4/c1-12(2)18(23)25-10-9-24-13-7-8-17(22)16(11-13)21-19-14-5-3-4-6-15(14)20-21/h3-8,11,22H,1,9-10H2,2H3. The Hall–Kier alpha value is -3.35. The summed E-state index contributed by atoms with van der Waals surface area (Å²) in [6.45, 7) is 5.37. The molecule has 7 heteroatoms. The maximum atomic E-state index is 11.3. The van der Waals surface area contributed by atoms with Crippen molar-refractivity contribution in [1.29, 1.82) is 0 Å². The van der Waals surface area contributed by atoms with E-state index in [2.05, 4.69) is 16.8 Å². The van der Waals surface area contributed by atoms with Gasteiger partial charge in [0.1, 0.15) is 41.4 Å². The molecule has 128 valence electrons. The minimum absolute atomic E-state index is 0.0290. The van der Waals surface area contributed by atoms with Gasteiger partial charge >= 0.3 is 5.97 Å². The van der Waals surface area contributed by atoms with Gasteiger partial charge < -0.3 is 14.6 Å². The van der Waals surface area contributed by atoms with E-state index in [4.69, 9.17) is 9.47 Å². The van der Waals surface area contributed by atoms with Crippen molar-refractivity contribution >= 4 is 17.0 Å². The molecule has 3 rings (SSSR count). The average molecular weight is 339 g/mol. The van der Waals surface area contributed by atoms with Crippen LogP contribution in [0.15, 0.2) is 54.6 Å². The summed E-state index contributed by atoms with van der Waals surface area (Å²) >= 11 is 0. The van der Waals surface area contributed by atoms with Gasteiger partial charge in [-0.1, -0.05) is 18.7 Å². The number of phenolic OH excluding ortho intramolecular Hbond substituents is 1. The highest BCUT2D eigenvalue weighted by molar-refractivity contribution is 5.86. The Morgan fingerprint density at radius 2 is 1.84 bits per heavy atom. The summed E-state index contributed by atoms with van der Waals surface area (Å²) in [4.78, 5) is 12.6. The van der Waals surface area contributed by atoms with E-state index in [9.17, 15) is 9.90 Å². The molecule has 0 aliphatic heterocycles. The number of benzene rings is 2. The minimum atomic E-state index is -0.456. The Labute approximate surface area is 144 Å². The molecule has 0 amide bonds. The molecule has 0 saturated carbocycles. The molecule has 0 aliphatic carbocycles. The summed E-state index contributed by atoms with van der Waals surface area (Å²) in [5, 5.41) is 18.8. The number of fused-ring (bicyclic) bond motifs is 1. The summed E-state index contributed by atoms with van der Waals surface area (Å²) in [6, 6.07) is 12.1. The average Bonchev–Trinajstić information content (AvgIpc) is 3.03. The zero-order chi connectivity index (χ0) is 17.8. The quantitative estimate of drug-likeness (QED) is 0.422. The molecule has 0 saturated heterocycles. The summed E-state index contributed by atoms with van der Waals surface area (Å²) in [6.07, 6.45) is 0. The maximum Gasteiger partial charge on any atom is 0.333 e. The molecule has 0 aliphatic rings. The number of carbonyl (C=O) groups excluding carboxylic acids is 1. The number of hydrogen-bond acceptors (Lipinski definition) is 6. The van der Waals surface area contributed by atoms with E-state index in [1.54, 1.807) is 19.1 Å². The van der Waals surface area contributed by atoms with Crippen molar-refractivity contribution in [3.63, 3.8) is 0 Å². The molecule has 0 fully saturated rings. The summed E-state index contributed by atoms with van der Waals surface area (Å²) in [7, 11) is 0. The first kappa shape index (κ1) is 16.5. The van der Waals surface area contributed by atoms with Gasteiger partial charge in [-0.3, -0.25) is 0 Å². The molecule has 1 N–H and O–H groups in total. The Kier molecular flexibility index (Phi) is 4.65. The van der Waals surface area contributed by atoms with E-state index in [1.165, 1.54) is 10.9 Å². The van der Waals surface area contributed by atoms with Crippen molar-refractivity contribution in [2.45, 2.75) is 6.92 Å². The van der Waals surface area contributed by atoms with Crippen LogP contribution in [0.5, 0.6) is 11.5 Å². The van der Waals surface area contributed by atoms with Crippen LogP contribution < -0.4 is 4.74 Å².